The van der Waals surface area contributed by atoms with Gasteiger partial charge in [-0.25, -0.2) is 4.98 Å². The minimum atomic E-state index is 0.577. The van der Waals surface area contributed by atoms with Crippen LogP contribution in [-0.4, -0.2) is 9.55 Å². The molecule has 3 rings (SSSR count). The maximum absolute atomic E-state index is 9.25. The van der Waals surface area contributed by atoms with Crippen LogP contribution in [-0.2, 0) is 6.54 Å². The van der Waals surface area contributed by atoms with Crippen LogP contribution in [0.1, 0.15) is 11.3 Å². The first-order valence-corrected chi connectivity index (χ1v) is 6.43. The van der Waals surface area contributed by atoms with Crippen molar-refractivity contribution < 1.29 is 0 Å². The lowest BCUT2D eigenvalue weighted by atomic mass is 10.2. The third-order valence-electron chi connectivity index (χ3n) is 3.19. The number of hydrogen-bond acceptors (Lipinski definition) is 2. The smallest absolute Gasteiger partial charge is 0.141 e. The first-order valence-electron chi connectivity index (χ1n) is 6.43. The van der Waals surface area contributed by atoms with Crippen LogP contribution in [0.2, 0.25) is 0 Å². The zero-order chi connectivity index (χ0) is 13.8. The van der Waals surface area contributed by atoms with E-state index in [9.17, 15) is 5.26 Å². The Hall–Kier alpha value is -2.86. The molecule has 3 nitrogen and oxygen atoms in total. The van der Waals surface area contributed by atoms with Crippen LogP contribution in [0, 0.1) is 11.3 Å². The van der Waals surface area contributed by atoms with Crippen molar-refractivity contribution in [2.45, 2.75) is 6.54 Å². The molecular formula is C17H13N3. The Kier molecular flexibility index (Phi) is 3.30. The van der Waals surface area contributed by atoms with E-state index in [4.69, 9.17) is 0 Å². The van der Waals surface area contributed by atoms with E-state index in [1.807, 2.05) is 53.1 Å². The Labute approximate surface area is 117 Å². The SMILES string of the molecule is N#Cc1cnc(-c2ccccc2)n1Cc1ccccc1. The molecule has 3 heteroatoms. The third kappa shape index (κ3) is 2.32. The fraction of sp³-hybridized carbons (Fsp3) is 0.0588. The van der Waals surface area contributed by atoms with Gasteiger partial charge in [0.05, 0.1) is 12.7 Å². The van der Waals surface area contributed by atoms with Crippen molar-refractivity contribution in [2.24, 2.45) is 0 Å². The predicted molar refractivity (Wildman–Crippen MR) is 77.9 cm³/mol. The van der Waals surface area contributed by atoms with Gasteiger partial charge < -0.3 is 4.57 Å². The van der Waals surface area contributed by atoms with Gasteiger partial charge in [0.25, 0.3) is 0 Å². The summed E-state index contributed by atoms with van der Waals surface area (Å²) in [6.45, 7) is 0.647. The number of nitrogens with zero attached hydrogens (tertiary/aromatic N) is 3. The van der Waals surface area contributed by atoms with Crippen LogP contribution in [0.5, 0.6) is 0 Å². The van der Waals surface area contributed by atoms with E-state index in [2.05, 4.69) is 23.2 Å². The number of rotatable bonds is 3. The van der Waals surface area contributed by atoms with Gasteiger partial charge in [-0.3, -0.25) is 0 Å². The largest absolute Gasteiger partial charge is 0.311 e. The Morgan fingerprint density at radius 2 is 1.60 bits per heavy atom. The van der Waals surface area contributed by atoms with E-state index in [-0.39, 0.29) is 0 Å². The first kappa shape index (κ1) is 12.2. The lowest BCUT2D eigenvalue weighted by molar-refractivity contribution is 0.795. The van der Waals surface area contributed by atoms with Gasteiger partial charge in [-0.15, -0.1) is 0 Å². The molecule has 20 heavy (non-hydrogen) atoms. The maximum Gasteiger partial charge on any atom is 0.141 e. The number of imidazole rings is 1. The third-order valence-corrected chi connectivity index (χ3v) is 3.19. The lowest BCUT2D eigenvalue weighted by Gasteiger charge is -2.09. The highest BCUT2D eigenvalue weighted by Crippen LogP contribution is 2.20. The normalized spacial score (nSPS) is 10.2. The Balaban J connectivity index is 2.05. The molecule has 1 aromatic heterocycles. The minimum Gasteiger partial charge on any atom is -0.311 e. The lowest BCUT2D eigenvalue weighted by Crippen LogP contribution is -2.04. The summed E-state index contributed by atoms with van der Waals surface area (Å²) in [6.07, 6.45) is 1.63. The van der Waals surface area contributed by atoms with E-state index < -0.39 is 0 Å². The summed E-state index contributed by atoms with van der Waals surface area (Å²) in [7, 11) is 0. The van der Waals surface area contributed by atoms with Crippen molar-refractivity contribution >= 4 is 0 Å². The Morgan fingerprint density at radius 1 is 0.950 bits per heavy atom. The molecule has 1 heterocycles. The van der Waals surface area contributed by atoms with Crippen molar-refractivity contribution in [1.29, 1.82) is 5.26 Å². The summed E-state index contributed by atoms with van der Waals surface area (Å²) >= 11 is 0. The minimum absolute atomic E-state index is 0.577. The van der Waals surface area contributed by atoms with Gasteiger partial charge in [-0.05, 0) is 5.56 Å². The van der Waals surface area contributed by atoms with Gasteiger partial charge >= 0.3 is 0 Å². The maximum atomic E-state index is 9.25. The second-order valence-corrected chi connectivity index (χ2v) is 4.52. The molecule has 0 aliphatic carbocycles. The molecule has 0 atom stereocenters. The van der Waals surface area contributed by atoms with Crippen molar-refractivity contribution in [2.75, 3.05) is 0 Å². The van der Waals surface area contributed by atoms with E-state index in [1.165, 1.54) is 0 Å². The van der Waals surface area contributed by atoms with Crippen LogP contribution in [0.15, 0.2) is 66.9 Å². The Bertz CT molecular complexity index is 737. The monoisotopic (exact) mass is 259 g/mol. The standard InChI is InChI=1S/C17H13N3/c18-11-16-12-19-17(15-9-5-2-6-10-15)20(16)13-14-7-3-1-4-8-14/h1-10,12H,13H2. The average molecular weight is 259 g/mol. The average Bonchev–Trinajstić information content (AvgIpc) is 2.92. The highest BCUT2D eigenvalue weighted by Gasteiger charge is 2.11. The van der Waals surface area contributed by atoms with Crippen LogP contribution < -0.4 is 0 Å². The molecule has 0 N–H and O–H groups in total. The summed E-state index contributed by atoms with van der Waals surface area (Å²) in [5, 5.41) is 9.25. The van der Waals surface area contributed by atoms with Gasteiger partial charge in [0.15, 0.2) is 0 Å². The molecule has 96 valence electrons. The summed E-state index contributed by atoms with van der Waals surface area (Å²) < 4.78 is 1.95. The van der Waals surface area contributed by atoms with E-state index in [0.29, 0.717) is 12.2 Å². The van der Waals surface area contributed by atoms with Gasteiger partial charge in [0, 0.05) is 5.56 Å². The Morgan fingerprint density at radius 3 is 2.25 bits per heavy atom. The summed E-state index contributed by atoms with van der Waals surface area (Å²) in [5.74, 6) is 0.825. The fourth-order valence-corrected chi connectivity index (χ4v) is 2.21. The van der Waals surface area contributed by atoms with Gasteiger partial charge in [0.1, 0.15) is 17.6 Å². The second kappa shape index (κ2) is 5.41. The van der Waals surface area contributed by atoms with E-state index in [1.54, 1.807) is 6.20 Å². The number of hydrogen-bond donors (Lipinski definition) is 0. The summed E-state index contributed by atoms with van der Waals surface area (Å²) in [4.78, 5) is 4.39. The molecule has 3 aromatic rings. The zero-order valence-corrected chi connectivity index (χ0v) is 10.9. The summed E-state index contributed by atoms with van der Waals surface area (Å²) in [5.41, 5.74) is 2.75. The van der Waals surface area contributed by atoms with Crippen molar-refractivity contribution in [3.05, 3.63) is 78.1 Å². The molecule has 0 bridgehead atoms. The molecule has 0 saturated carbocycles. The molecular weight excluding hydrogens is 246 g/mol. The predicted octanol–water partition coefficient (Wildman–Crippen LogP) is 3.47. The molecule has 0 aliphatic rings. The molecule has 0 fully saturated rings. The van der Waals surface area contributed by atoms with Gasteiger partial charge in [0.2, 0.25) is 0 Å². The molecule has 0 aliphatic heterocycles. The molecule has 2 aromatic carbocycles. The van der Waals surface area contributed by atoms with Crippen molar-refractivity contribution in [1.82, 2.24) is 9.55 Å². The number of aromatic nitrogens is 2. The molecule has 0 saturated heterocycles. The van der Waals surface area contributed by atoms with Crippen LogP contribution in [0.25, 0.3) is 11.4 Å². The molecule has 0 radical (unpaired) electrons. The summed E-state index contributed by atoms with van der Waals surface area (Å²) in [6, 6.07) is 22.2. The van der Waals surface area contributed by atoms with Crippen LogP contribution in [0.3, 0.4) is 0 Å². The first-order chi connectivity index (χ1) is 9.88. The van der Waals surface area contributed by atoms with E-state index >= 15 is 0 Å². The number of nitriles is 1. The quantitative estimate of drug-likeness (QED) is 0.722. The van der Waals surface area contributed by atoms with Gasteiger partial charge in [-0.2, -0.15) is 5.26 Å². The fourth-order valence-electron chi connectivity index (χ4n) is 2.21. The highest BCUT2D eigenvalue weighted by molar-refractivity contribution is 5.57. The molecule has 0 amide bonds. The van der Waals surface area contributed by atoms with Crippen LogP contribution >= 0.6 is 0 Å². The van der Waals surface area contributed by atoms with Crippen LogP contribution in [0.4, 0.5) is 0 Å². The highest BCUT2D eigenvalue weighted by atomic mass is 15.1. The van der Waals surface area contributed by atoms with E-state index in [0.717, 1.165) is 17.0 Å². The topological polar surface area (TPSA) is 41.6 Å². The second-order valence-electron chi connectivity index (χ2n) is 4.52. The van der Waals surface area contributed by atoms with Gasteiger partial charge in [-0.1, -0.05) is 60.7 Å². The zero-order valence-electron chi connectivity index (χ0n) is 10.9. The molecule has 0 unspecified atom stereocenters. The van der Waals surface area contributed by atoms with Crippen molar-refractivity contribution in [3.8, 4) is 17.5 Å². The molecule has 0 spiro atoms. The van der Waals surface area contributed by atoms with Crippen molar-refractivity contribution in [3.63, 3.8) is 0 Å². The number of benzene rings is 2.